The smallest absolute Gasteiger partial charge is 0.181 e. The topological polar surface area (TPSA) is 46.8 Å². The van der Waals surface area contributed by atoms with Crippen molar-refractivity contribution in [2.45, 2.75) is 19.3 Å². The largest absolute Gasteiger partial charge is 0.377 e. The normalized spacial score (nSPS) is 16.1. The Morgan fingerprint density at radius 1 is 1.00 bits per heavy atom. The van der Waals surface area contributed by atoms with Gasteiger partial charge < -0.3 is 4.90 Å². The molecular weight excluding hydrogens is 238 g/mol. The summed E-state index contributed by atoms with van der Waals surface area (Å²) >= 11 is 0. The highest BCUT2D eigenvalue weighted by Gasteiger charge is 2.07. The molecule has 2 aromatic rings. The molecule has 3 rings (SSSR count). The van der Waals surface area contributed by atoms with Crippen molar-refractivity contribution < 1.29 is 0 Å². The van der Waals surface area contributed by atoms with Gasteiger partial charge in [0.1, 0.15) is 0 Å². The maximum absolute atomic E-state index is 4.07. The maximum Gasteiger partial charge on any atom is 0.181 e. The molecule has 0 radical (unpaired) electrons. The highest BCUT2D eigenvalue weighted by Crippen LogP contribution is 2.11. The molecule has 0 spiro atoms. The van der Waals surface area contributed by atoms with Gasteiger partial charge >= 0.3 is 0 Å². The minimum Gasteiger partial charge on any atom is -0.377 e. The van der Waals surface area contributed by atoms with Crippen molar-refractivity contribution in [3.05, 3.63) is 42.4 Å². The van der Waals surface area contributed by atoms with Crippen LogP contribution in [0, 0.1) is 0 Å². The molecule has 2 heterocycles. The van der Waals surface area contributed by atoms with E-state index in [9.17, 15) is 0 Å². The number of rotatable bonds is 3. The second kappa shape index (κ2) is 5.65. The highest BCUT2D eigenvalue weighted by molar-refractivity contribution is 5.43. The van der Waals surface area contributed by atoms with E-state index in [-0.39, 0.29) is 0 Å². The fourth-order valence-corrected chi connectivity index (χ4v) is 2.29. The predicted octanol–water partition coefficient (Wildman–Crippen LogP) is 2.12. The van der Waals surface area contributed by atoms with Gasteiger partial charge in [-0.2, -0.15) is 4.68 Å². The van der Waals surface area contributed by atoms with Crippen LogP contribution in [0.2, 0.25) is 0 Å². The minimum absolute atomic E-state index is 0.761. The van der Waals surface area contributed by atoms with Gasteiger partial charge in [-0.3, -0.25) is 0 Å². The van der Waals surface area contributed by atoms with Gasteiger partial charge in [0.15, 0.2) is 5.82 Å². The second-order valence-corrected chi connectivity index (χ2v) is 4.70. The quantitative estimate of drug-likeness (QED) is 0.843. The molecule has 1 aliphatic heterocycles. The van der Waals surface area contributed by atoms with E-state index in [4.69, 9.17) is 0 Å². The number of tetrazole rings is 1. The molecule has 1 saturated heterocycles. The molecule has 0 amide bonds. The van der Waals surface area contributed by atoms with Gasteiger partial charge in [-0.05, 0) is 41.8 Å². The molecule has 98 valence electrons. The van der Waals surface area contributed by atoms with Crippen LogP contribution in [0.15, 0.2) is 36.5 Å². The Morgan fingerprint density at radius 2 is 1.79 bits per heavy atom. The zero-order valence-corrected chi connectivity index (χ0v) is 10.8. The third kappa shape index (κ3) is 2.81. The van der Waals surface area contributed by atoms with Crippen molar-refractivity contribution in [3.8, 4) is 5.69 Å². The van der Waals surface area contributed by atoms with Crippen molar-refractivity contribution in [1.82, 2.24) is 25.1 Å². The summed E-state index contributed by atoms with van der Waals surface area (Å²) in [4.78, 5) is 2.33. The van der Waals surface area contributed by atoms with Gasteiger partial charge in [0.25, 0.3) is 0 Å². The Balaban J connectivity index is 1.78. The summed E-state index contributed by atoms with van der Waals surface area (Å²) in [5, 5.41) is 11.9. The Hall–Kier alpha value is -2.17. The monoisotopic (exact) mass is 255 g/mol. The fourth-order valence-electron chi connectivity index (χ4n) is 2.29. The summed E-state index contributed by atoms with van der Waals surface area (Å²) in [5.74, 6) is 0.761. The molecular formula is C14H17N5. The first-order chi connectivity index (χ1) is 9.43. The van der Waals surface area contributed by atoms with E-state index in [1.807, 2.05) is 36.4 Å². The zero-order chi connectivity index (χ0) is 12.9. The second-order valence-electron chi connectivity index (χ2n) is 4.70. The van der Waals surface area contributed by atoms with Gasteiger partial charge in [0.05, 0.1) is 5.69 Å². The number of benzene rings is 1. The van der Waals surface area contributed by atoms with Crippen LogP contribution < -0.4 is 0 Å². The first-order valence-electron chi connectivity index (χ1n) is 6.69. The third-order valence-corrected chi connectivity index (χ3v) is 3.32. The van der Waals surface area contributed by atoms with Gasteiger partial charge in [-0.15, -0.1) is 5.10 Å². The fraction of sp³-hybridized carbons (Fsp3) is 0.357. The van der Waals surface area contributed by atoms with Crippen LogP contribution in [0.3, 0.4) is 0 Å². The van der Waals surface area contributed by atoms with E-state index in [1.54, 1.807) is 4.68 Å². The molecule has 19 heavy (non-hydrogen) atoms. The van der Waals surface area contributed by atoms with Crippen molar-refractivity contribution in [1.29, 1.82) is 0 Å². The summed E-state index contributed by atoms with van der Waals surface area (Å²) in [5.41, 5.74) is 0.978. The summed E-state index contributed by atoms with van der Waals surface area (Å²) in [6, 6.07) is 9.94. The van der Waals surface area contributed by atoms with E-state index in [2.05, 4.69) is 26.6 Å². The van der Waals surface area contributed by atoms with Crippen LogP contribution in [0.1, 0.15) is 25.1 Å². The van der Waals surface area contributed by atoms with E-state index in [0.717, 1.165) is 24.6 Å². The van der Waals surface area contributed by atoms with Gasteiger partial charge in [0, 0.05) is 25.4 Å². The van der Waals surface area contributed by atoms with E-state index < -0.39 is 0 Å². The lowest BCUT2D eigenvalue weighted by molar-refractivity contribution is 0.311. The standard InChI is InChI=1S/C14H17N5/c1-3-7-13(8-4-1)19-14(15-16-17-19)9-12-18-10-5-2-6-11-18/h1,3-4,7-9,12H,2,5-6,10-11H2/b12-9-. The number of nitrogens with zero attached hydrogens (tertiary/aromatic N) is 5. The van der Waals surface area contributed by atoms with Crippen LogP contribution in [0.5, 0.6) is 0 Å². The molecule has 1 aromatic heterocycles. The third-order valence-electron chi connectivity index (χ3n) is 3.32. The molecule has 5 heteroatoms. The summed E-state index contributed by atoms with van der Waals surface area (Å²) in [6.45, 7) is 2.26. The van der Waals surface area contributed by atoms with E-state index in [1.165, 1.54) is 19.3 Å². The molecule has 0 unspecified atom stereocenters. The number of piperidine rings is 1. The lowest BCUT2D eigenvalue weighted by atomic mass is 10.1. The summed E-state index contributed by atoms with van der Waals surface area (Å²) in [7, 11) is 0. The van der Waals surface area contributed by atoms with E-state index >= 15 is 0 Å². The Morgan fingerprint density at radius 3 is 2.58 bits per heavy atom. The number of likely N-dealkylation sites (tertiary alicyclic amines) is 1. The Bertz CT molecular complexity index is 540. The van der Waals surface area contributed by atoms with Crippen LogP contribution >= 0.6 is 0 Å². The van der Waals surface area contributed by atoms with Crippen LogP contribution in [0.25, 0.3) is 11.8 Å². The minimum atomic E-state index is 0.761. The Kier molecular flexibility index (Phi) is 3.54. The number of para-hydroxylation sites is 1. The maximum atomic E-state index is 4.07. The first kappa shape index (κ1) is 11.9. The molecule has 0 aliphatic carbocycles. The molecule has 5 nitrogen and oxygen atoms in total. The number of aromatic nitrogens is 4. The average Bonchev–Trinajstić information content (AvgIpc) is 2.95. The number of hydrogen-bond donors (Lipinski definition) is 0. The average molecular weight is 255 g/mol. The molecule has 1 aromatic carbocycles. The molecule has 1 fully saturated rings. The van der Waals surface area contributed by atoms with E-state index in [0.29, 0.717) is 0 Å². The van der Waals surface area contributed by atoms with Crippen molar-refractivity contribution >= 4 is 6.08 Å². The van der Waals surface area contributed by atoms with Crippen molar-refractivity contribution in [2.24, 2.45) is 0 Å². The molecule has 1 aliphatic rings. The first-order valence-corrected chi connectivity index (χ1v) is 6.69. The van der Waals surface area contributed by atoms with Gasteiger partial charge in [0.2, 0.25) is 0 Å². The van der Waals surface area contributed by atoms with Crippen LogP contribution in [-0.4, -0.2) is 38.2 Å². The van der Waals surface area contributed by atoms with Gasteiger partial charge in [-0.1, -0.05) is 18.2 Å². The van der Waals surface area contributed by atoms with Crippen molar-refractivity contribution in [3.63, 3.8) is 0 Å². The van der Waals surface area contributed by atoms with Gasteiger partial charge in [-0.25, -0.2) is 0 Å². The van der Waals surface area contributed by atoms with Crippen molar-refractivity contribution in [2.75, 3.05) is 13.1 Å². The van der Waals surface area contributed by atoms with Crippen LogP contribution in [0.4, 0.5) is 0 Å². The Labute approximate surface area is 112 Å². The zero-order valence-electron chi connectivity index (χ0n) is 10.8. The predicted molar refractivity (Wildman–Crippen MR) is 73.6 cm³/mol. The molecule has 0 atom stereocenters. The van der Waals surface area contributed by atoms with Crippen LogP contribution in [-0.2, 0) is 0 Å². The molecule has 0 bridgehead atoms. The SMILES string of the molecule is C(=C/N1CCCCC1)/c1nnnn1-c1ccccc1. The summed E-state index contributed by atoms with van der Waals surface area (Å²) < 4.78 is 1.75. The molecule has 0 N–H and O–H groups in total. The summed E-state index contributed by atoms with van der Waals surface area (Å²) in [6.07, 6.45) is 7.97. The highest BCUT2D eigenvalue weighted by atomic mass is 15.5. The lowest BCUT2D eigenvalue weighted by Crippen LogP contribution is -2.24. The number of hydrogen-bond acceptors (Lipinski definition) is 4. The lowest BCUT2D eigenvalue weighted by Gasteiger charge is -2.24. The molecule has 0 saturated carbocycles.